The highest BCUT2D eigenvalue weighted by Gasteiger charge is 2.15. The molecule has 0 fully saturated rings. The van der Waals surface area contributed by atoms with Gasteiger partial charge in [0.1, 0.15) is 0 Å². The molecule has 0 aliphatic heterocycles. The van der Waals surface area contributed by atoms with Crippen molar-refractivity contribution >= 4 is 54.6 Å². The third-order valence-electron chi connectivity index (χ3n) is 4.72. The Hall–Kier alpha value is -3.56. The number of rotatable bonds is 6. The Balaban J connectivity index is 1.45. The summed E-state index contributed by atoms with van der Waals surface area (Å²) in [6.07, 6.45) is 0. The lowest BCUT2D eigenvalue weighted by molar-refractivity contribution is 0.101. The van der Waals surface area contributed by atoms with Crippen molar-refractivity contribution in [1.82, 2.24) is 4.98 Å². The Morgan fingerprint density at radius 2 is 1.50 bits per heavy atom. The van der Waals surface area contributed by atoms with Crippen LogP contribution in [0.4, 0.5) is 11.4 Å². The molecule has 0 atom stereocenters. The highest BCUT2D eigenvalue weighted by atomic mass is 32.2. The average molecular weight is 466 g/mol. The maximum absolute atomic E-state index is 12.6. The predicted molar refractivity (Wildman–Crippen MR) is 126 cm³/mol. The Morgan fingerprint density at radius 3 is 2.16 bits per heavy atom. The van der Waals surface area contributed by atoms with Crippen LogP contribution >= 0.6 is 11.3 Å². The van der Waals surface area contributed by atoms with Crippen molar-refractivity contribution < 1.29 is 18.0 Å². The zero-order valence-corrected chi connectivity index (χ0v) is 18.9. The third kappa shape index (κ3) is 4.68. The fourth-order valence-corrected chi connectivity index (χ4v) is 5.02. The molecule has 9 heteroatoms. The lowest BCUT2D eigenvalue weighted by Gasteiger charge is -2.10. The Kier molecular flexibility index (Phi) is 5.77. The van der Waals surface area contributed by atoms with Gasteiger partial charge in [0.2, 0.25) is 0 Å². The Bertz CT molecular complexity index is 1420. The van der Waals surface area contributed by atoms with Crippen molar-refractivity contribution in [3.63, 3.8) is 0 Å². The summed E-state index contributed by atoms with van der Waals surface area (Å²) in [6, 6.07) is 17.3. The van der Waals surface area contributed by atoms with Crippen molar-refractivity contribution in [3.05, 3.63) is 82.9 Å². The van der Waals surface area contributed by atoms with Crippen molar-refractivity contribution in [3.8, 4) is 0 Å². The summed E-state index contributed by atoms with van der Waals surface area (Å²) in [6.45, 7) is 3.35. The molecule has 0 radical (unpaired) electrons. The smallest absolute Gasteiger partial charge is 0.261 e. The van der Waals surface area contributed by atoms with Crippen LogP contribution in [0.15, 0.2) is 71.6 Å². The fourth-order valence-electron chi connectivity index (χ4n) is 3.09. The number of anilines is 2. The van der Waals surface area contributed by atoms with Crippen molar-refractivity contribution in [2.75, 3.05) is 10.0 Å². The van der Waals surface area contributed by atoms with Gasteiger partial charge in [0.25, 0.3) is 15.9 Å². The highest BCUT2D eigenvalue weighted by Crippen LogP contribution is 2.25. The number of Topliss-reactive ketones (excluding diaryl/α,β-unsaturated/α-hetero) is 1. The van der Waals surface area contributed by atoms with Crippen LogP contribution < -0.4 is 10.0 Å². The molecule has 1 aromatic heterocycles. The number of benzene rings is 3. The Labute approximate surface area is 189 Å². The van der Waals surface area contributed by atoms with E-state index in [9.17, 15) is 18.0 Å². The van der Waals surface area contributed by atoms with E-state index in [1.54, 1.807) is 29.5 Å². The lowest BCUT2D eigenvalue weighted by Crippen LogP contribution is -2.14. The van der Waals surface area contributed by atoms with Crippen LogP contribution in [0.5, 0.6) is 0 Å². The zero-order chi connectivity index (χ0) is 22.9. The number of carbonyl (C=O) groups excluding carboxylic acids is 2. The van der Waals surface area contributed by atoms with Gasteiger partial charge < -0.3 is 5.32 Å². The number of hydrogen-bond acceptors (Lipinski definition) is 6. The molecule has 0 saturated carbocycles. The molecule has 0 spiro atoms. The molecule has 162 valence electrons. The number of amides is 1. The summed E-state index contributed by atoms with van der Waals surface area (Å²) in [4.78, 5) is 28.4. The second-order valence-electron chi connectivity index (χ2n) is 7.13. The third-order valence-corrected chi connectivity index (χ3v) is 7.05. The standard InChI is InChI=1S/C23H19N3O4S2/c1-14(27)16-5-10-20(11-6-16)32(29,30)26-18-7-3-17(4-8-18)23(28)25-19-9-12-21-22(13-19)31-15(2)24-21/h3-13,26H,1-2H3,(H,25,28). The number of ketones is 1. The number of hydrogen-bond donors (Lipinski definition) is 2. The van der Waals surface area contributed by atoms with Crippen molar-refractivity contribution in [2.24, 2.45) is 0 Å². The van der Waals surface area contributed by atoms with Crippen LogP contribution in [0.2, 0.25) is 0 Å². The van der Waals surface area contributed by atoms with Gasteiger partial charge in [0.05, 0.1) is 20.1 Å². The van der Waals surface area contributed by atoms with Crippen molar-refractivity contribution in [2.45, 2.75) is 18.7 Å². The number of fused-ring (bicyclic) bond motifs is 1. The molecular formula is C23H19N3O4S2. The van der Waals surface area contributed by atoms with Crippen LogP contribution in [0, 0.1) is 6.92 Å². The first-order valence-corrected chi connectivity index (χ1v) is 11.9. The predicted octanol–water partition coefficient (Wildman–Crippen LogP) is 4.86. The van der Waals surface area contributed by atoms with Gasteiger partial charge in [-0.1, -0.05) is 12.1 Å². The summed E-state index contributed by atoms with van der Waals surface area (Å²) in [5, 5.41) is 3.80. The van der Waals surface area contributed by atoms with Gasteiger partial charge in [0, 0.05) is 22.5 Å². The van der Waals surface area contributed by atoms with Crippen LogP contribution in [0.3, 0.4) is 0 Å². The number of aryl methyl sites for hydroxylation is 1. The number of aromatic nitrogens is 1. The molecule has 0 bridgehead atoms. The van der Waals surface area contributed by atoms with Gasteiger partial charge >= 0.3 is 0 Å². The molecular weight excluding hydrogens is 446 g/mol. The molecule has 0 saturated heterocycles. The van der Waals surface area contributed by atoms with E-state index >= 15 is 0 Å². The quantitative estimate of drug-likeness (QED) is 0.396. The minimum Gasteiger partial charge on any atom is -0.322 e. The monoisotopic (exact) mass is 465 g/mol. The zero-order valence-electron chi connectivity index (χ0n) is 17.2. The molecule has 7 nitrogen and oxygen atoms in total. The largest absolute Gasteiger partial charge is 0.322 e. The normalized spacial score (nSPS) is 11.3. The van der Waals surface area contributed by atoms with Crippen LogP contribution in [-0.4, -0.2) is 25.1 Å². The van der Waals surface area contributed by atoms with E-state index in [4.69, 9.17) is 0 Å². The van der Waals surface area contributed by atoms with E-state index in [1.165, 1.54) is 43.3 Å². The van der Waals surface area contributed by atoms with E-state index in [0.29, 0.717) is 22.5 Å². The minimum absolute atomic E-state index is 0.0398. The van der Waals surface area contributed by atoms with Gasteiger partial charge in [0.15, 0.2) is 5.78 Å². The molecule has 1 amide bonds. The summed E-state index contributed by atoms with van der Waals surface area (Å²) in [5.41, 5.74) is 2.69. The van der Waals surface area contributed by atoms with Gasteiger partial charge in [-0.25, -0.2) is 13.4 Å². The molecule has 2 N–H and O–H groups in total. The van der Waals surface area contributed by atoms with E-state index in [2.05, 4.69) is 15.0 Å². The van der Waals surface area contributed by atoms with Gasteiger partial charge in [-0.2, -0.15) is 0 Å². The summed E-state index contributed by atoms with van der Waals surface area (Å²) in [5.74, 6) is -0.447. The number of carbonyl (C=O) groups is 2. The number of thiazole rings is 1. The van der Waals surface area contributed by atoms with Crippen LogP contribution in [-0.2, 0) is 10.0 Å². The summed E-state index contributed by atoms with van der Waals surface area (Å²) >= 11 is 1.55. The van der Waals surface area contributed by atoms with Gasteiger partial charge in [-0.15, -0.1) is 11.3 Å². The molecule has 1 heterocycles. The lowest BCUT2D eigenvalue weighted by atomic mass is 10.2. The first-order chi connectivity index (χ1) is 15.2. The number of nitrogens with one attached hydrogen (secondary N) is 2. The molecule has 0 aliphatic rings. The molecule has 32 heavy (non-hydrogen) atoms. The second kappa shape index (κ2) is 8.52. The highest BCUT2D eigenvalue weighted by molar-refractivity contribution is 7.92. The first-order valence-electron chi connectivity index (χ1n) is 9.64. The minimum atomic E-state index is -3.82. The SMILES string of the molecule is CC(=O)c1ccc(S(=O)(=O)Nc2ccc(C(=O)Nc3ccc4nc(C)sc4c3)cc2)cc1. The Morgan fingerprint density at radius 1 is 0.875 bits per heavy atom. The maximum atomic E-state index is 12.6. The van der Waals surface area contributed by atoms with Gasteiger partial charge in [-0.05, 0) is 68.4 Å². The topological polar surface area (TPSA) is 105 Å². The van der Waals surface area contributed by atoms with Crippen LogP contribution in [0.25, 0.3) is 10.2 Å². The molecule has 3 aromatic carbocycles. The van der Waals surface area contributed by atoms with E-state index in [0.717, 1.165) is 15.2 Å². The maximum Gasteiger partial charge on any atom is 0.261 e. The molecule has 4 aromatic rings. The first kappa shape index (κ1) is 21.7. The molecule has 4 rings (SSSR count). The number of sulfonamides is 1. The number of nitrogens with zero attached hydrogens (tertiary/aromatic N) is 1. The van der Waals surface area contributed by atoms with Crippen LogP contribution in [0.1, 0.15) is 32.6 Å². The average Bonchev–Trinajstić information content (AvgIpc) is 3.13. The fraction of sp³-hybridized carbons (Fsp3) is 0.0870. The summed E-state index contributed by atoms with van der Waals surface area (Å²) in [7, 11) is -3.82. The van der Waals surface area contributed by atoms with E-state index < -0.39 is 10.0 Å². The molecule has 0 unspecified atom stereocenters. The van der Waals surface area contributed by atoms with E-state index in [1.807, 2.05) is 19.1 Å². The van der Waals surface area contributed by atoms with Crippen molar-refractivity contribution in [1.29, 1.82) is 0 Å². The molecule has 0 aliphatic carbocycles. The summed E-state index contributed by atoms with van der Waals surface area (Å²) < 4.78 is 28.6. The van der Waals surface area contributed by atoms with Gasteiger partial charge in [-0.3, -0.25) is 14.3 Å². The second-order valence-corrected chi connectivity index (χ2v) is 10.1. The van der Waals surface area contributed by atoms with E-state index in [-0.39, 0.29) is 16.6 Å².